The van der Waals surface area contributed by atoms with Gasteiger partial charge in [-0.05, 0) is 31.5 Å². The van der Waals surface area contributed by atoms with E-state index in [1.54, 1.807) is 45.0 Å². The summed E-state index contributed by atoms with van der Waals surface area (Å²) in [5.74, 6) is -0.976. The van der Waals surface area contributed by atoms with Gasteiger partial charge in [-0.25, -0.2) is 4.79 Å². The Labute approximate surface area is 186 Å². The molecule has 0 saturated heterocycles. The molecule has 0 aliphatic carbocycles. The largest absolute Gasteiger partial charge is 0.462 e. The predicted molar refractivity (Wildman–Crippen MR) is 118 cm³/mol. The molecule has 9 nitrogen and oxygen atoms in total. The minimum Gasteiger partial charge on any atom is -0.462 e. The van der Waals surface area contributed by atoms with Crippen molar-refractivity contribution in [1.29, 1.82) is 0 Å². The van der Waals surface area contributed by atoms with Crippen molar-refractivity contribution in [3.05, 3.63) is 52.2 Å². The fourth-order valence-electron chi connectivity index (χ4n) is 2.61. The highest BCUT2D eigenvalue weighted by atomic mass is 32.2. The highest BCUT2D eigenvalue weighted by molar-refractivity contribution is 7.99. The molecule has 0 aliphatic rings. The molecule has 0 fully saturated rings. The zero-order valence-electron chi connectivity index (χ0n) is 17.1. The summed E-state index contributed by atoms with van der Waals surface area (Å²) in [6.45, 7) is 5.20. The van der Waals surface area contributed by atoms with E-state index in [-0.39, 0.29) is 38.9 Å². The Morgan fingerprint density at radius 1 is 1.13 bits per heavy atom. The number of rotatable bonds is 8. The van der Waals surface area contributed by atoms with Gasteiger partial charge in [0, 0.05) is 12.6 Å². The molecule has 2 amide bonds. The van der Waals surface area contributed by atoms with Crippen LogP contribution in [-0.2, 0) is 9.53 Å². The van der Waals surface area contributed by atoms with Crippen molar-refractivity contribution in [3.63, 3.8) is 0 Å². The van der Waals surface area contributed by atoms with Gasteiger partial charge >= 0.3 is 5.97 Å². The number of para-hydroxylation sites is 1. The van der Waals surface area contributed by atoms with Crippen LogP contribution in [0.15, 0.2) is 40.0 Å². The quantitative estimate of drug-likeness (QED) is 0.383. The molecule has 2 aromatic heterocycles. The fourth-order valence-corrected chi connectivity index (χ4v) is 4.33. The van der Waals surface area contributed by atoms with E-state index in [0.717, 1.165) is 23.1 Å². The fraction of sp³-hybridized carbons (Fsp3) is 0.250. The number of esters is 1. The number of carbonyl (C=O) groups excluding carboxylic acids is 3. The van der Waals surface area contributed by atoms with Gasteiger partial charge in [-0.1, -0.05) is 30.0 Å². The third-order valence-electron chi connectivity index (χ3n) is 3.95. The molecule has 0 unspecified atom stereocenters. The van der Waals surface area contributed by atoms with Crippen LogP contribution in [0.25, 0.3) is 0 Å². The average molecular weight is 461 g/mol. The minimum absolute atomic E-state index is 0.00688. The van der Waals surface area contributed by atoms with Gasteiger partial charge in [0.05, 0.1) is 17.9 Å². The van der Waals surface area contributed by atoms with Crippen molar-refractivity contribution < 1.29 is 23.5 Å². The smallest absolute Gasteiger partial charge is 0.348 e. The van der Waals surface area contributed by atoms with E-state index >= 15 is 0 Å². The first kappa shape index (κ1) is 22.5. The zero-order chi connectivity index (χ0) is 22.4. The van der Waals surface area contributed by atoms with E-state index in [1.165, 1.54) is 0 Å². The Hall–Kier alpha value is -3.18. The summed E-state index contributed by atoms with van der Waals surface area (Å²) >= 11 is 2.07. The molecule has 11 heteroatoms. The van der Waals surface area contributed by atoms with Crippen molar-refractivity contribution in [1.82, 2.24) is 10.2 Å². The summed E-state index contributed by atoms with van der Waals surface area (Å²) in [6.07, 6.45) is 0. The summed E-state index contributed by atoms with van der Waals surface area (Å²) in [4.78, 5) is 38.0. The normalized spacial score (nSPS) is 10.5. The second-order valence-electron chi connectivity index (χ2n) is 6.22. The first-order chi connectivity index (χ1) is 14.9. The maximum atomic E-state index is 13.0. The van der Waals surface area contributed by atoms with Crippen LogP contribution in [0, 0.1) is 13.8 Å². The van der Waals surface area contributed by atoms with Crippen LogP contribution >= 0.6 is 23.1 Å². The number of carbonyl (C=O) groups is 3. The van der Waals surface area contributed by atoms with Crippen molar-refractivity contribution in [2.45, 2.75) is 26.0 Å². The van der Waals surface area contributed by atoms with E-state index in [2.05, 4.69) is 20.8 Å². The molecule has 3 rings (SSSR count). The van der Waals surface area contributed by atoms with Gasteiger partial charge in [0.1, 0.15) is 9.88 Å². The van der Waals surface area contributed by atoms with E-state index in [1.807, 2.05) is 6.07 Å². The molecule has 1 aromatic carbocycles. The molecule has 3 aromatic rings. The van der Waals surface area contributed by atoms with Gasteiger partial charge in [0.15, 0.2) is 0 Å². The Morgan fingerprint density at radius 3 is 2.52 bits per heavy atom. The summed E-state index contributed by atoms with van der Waals surface area (Å²) in [6, 6.07) is 8.90. The van der Waals surface area contributed by atoms with Gasteiger partial charge in [0.2, 0.25) is 11.8 Å². The van der Waals surface area contributed by atoms with Crippen LogP contribution in [0.3, 0.4) is 0 Å². The molecule has 162 valence electrons. The van der Waals surface area contributed by atoms with Gasteiger partial charge in [-0.2, -0.15) is 0 Å². The Bertz CT molecular complexity index is 1090. The summed E-state index contributed by atoms with van der Waals surface area (Å²) in [5, 5.41) is 13.6. The summed E-state index contributed by atoms with van der Waals surface area (Å²) in [7, 11) is 0. The third-order valence-corrected chi connectivity index (χ3v) is 5.96. The van der Waals surface area contributed by atoms with Gasteiger partial charge < -0.3 is 19.8 Å². The SMILES string of the molecule is CCOC(=O)c1sc(NC(=O)CSc2nnc(C)o2)c(C(=O)Nc2ccccc2)c1C. The molecule has 2 N–H and O–H groups in total. The highest BCUT2D eigenvalue weighted by Crippen LogP contribution is 2.34. The van der Waals surface area contributed by atoms with E-state index < -0.39 is 11.9 Å². The number of amides is 2. The van der Waals surface area contributed by atoms with Gasteiger partial charge in [-0.15, -0.1) is 21.5 Å². The van der Waals surface area contributed by atoms with Crippen LogP contribution in [0.1, 0.15) is 38.4 Å². The van der Waals surface area contributed by atoms with Crippen molar-refractivity contribution >= 4 is 51.6 Å². The molecule has 0 aliphatic heterocycles. The summed E-state index contributed by atoms with van der Waals surface area (Å²) in [5.41, 5.74) is 1.24. The first-order valence-electron chi connectivity index (χ1n) is 9.28. The lowest BCUT2D eigenvalue weighted by molar-refractivity contribution is -0.113. The Morgan fingerprint density at radius 2 is 1.87 bits per heavy atom. The van der Waals surface area contributed by atoms with E-state index in [4.69, 9.17) is 9.15 Å². The van der Waals surface area contributed by atoms with Crippen LogP contribution in [0.4, 0.5) is 10.7 Å². The number of hydrogen-bond donors (Lipinski definition) is 2. The number of ether oxygens (including phenoxy) is 1. The molecule has 2 heterocycles. The number of aromatic nitrogens is 2. The van der Waals surface area contributed by atoms with Crippen LogP contribution in [-0.4, -0.2) is 40.3 Å². The number of aryl methyl sites for hydroxylation is 1. The number of nitrogens with one attached hydrogen (secondary N) is 2. The monoisotopic (exact) mass is 460 g/mol. The number of hydrogen-bond acceptors (Lipinski definition) is 9. The number of thioether (sulfide) groups is 1. The van der Waals surface area contributed by atoms with Crippen molar-refractivity contribution in [3.8, 4) is 0 Å². The molecule has 0 bridgehead atoms. The number of nitrogens with zero attached hydrogens (tertiary/aromatic N) is 2. The molecule has 0 radical (unpaired) electrons. The second-order valence-corrected chi connectivity index (χ2v) is 8.17. The average Bonchev–Trinajstić information content (AvgIpc) is 3.30. The third kappa shape index (κ3) is 5.70. The number of anilines is 2. The van der Waals surface area contributed by atoms with E-state index in [0.29, 0.717) is 17.1 Å². The molecular weight excluding hydrogens is 440 g/mol. The van der Waals surface area contributed by atoms with Crippen molar-refractivity contribution in [2.24, 2.45) is 0 Å². The van der Waals surface area contributed by atoms with Gasteiger partial charge in [-0.3, -0.25) is 9.59 Å². The van der Waals surface area contributed by atoms with Gasteiger partial charge in [0.25, 0.3) is 11.1 Å². The standard InChI is InChI=1S/C20H20N4O5S2/c1-4-28-19(27)16-11(2)15(17(26)21-13-8-6-5-7-9-13)18(31-16)22-14(25)10-30-20-24-23-12(3)29-20/h5-9H,4,10H2,1-3H3,(H,21,26)(H,22,25). The lowest BCUT2D eigenvalue weighted by Crippen LogP contribution is -2.18. The second kappa shape index (κ2) is 10.2. The molecular formula is C20H20N4O5S2. The zero-order valence-corrected chi connectivity index (χ0v) is 18.7. The minimum atomic E-state index is -0.546. The van der Waals surface area contributed by atoms with Crippen LogP contribution < -0.4 is 10.6 Å². The molecule has 0 atom stereocenters. The maximum Gasteiger partial charge on any atom is 0.348 e. The molecule has 0 spiro atoms. The molecule has 31 heavy (non-hydrogen) atoms. The topological polar surface area (TPSA) is 123 Å². The highest BCUT2D eigenvalue weighted by Gasteiger charge is 2.26. The van der Waals surface area contributed by atoms with Crippen LogP contribution in [0.2, 0.25) is 0 Å². The first-order valence-corrected chi connectivity index (χ1v) is 11.1. The molecule has 0 saturated carbocycles. The summed E-state index contributed by atoms with van der Waals surface area (Å²) < 4.78 is 10.3. The lowest BCUT2D eigenvalue weighted by Gasteiger charge is -2.08. The van der Waals surface area contributed by atoms with E-state index in [9.17, 15) is 14.4 Å². The van der Waals surface area contributed by atoms with Crippen molar-refractivity contribution in [2.75, 3.05) is 23.0 Å². The number of thiophene rings is 1. The Balaban J connectivity index is 1.82. The van der Waals surface area contributed by atoms with Crippen LogP contribution in [0.5, 0.6) is 0 Å². The maximum absolute atomic E-state index is 13.0. The number of benzene rings is 1. The Kier molecular flexibility index (Phi) is 7.42. The predicted octanol–water partition coefficient (Wildman–Crippen LogP) is 3.91. The lowest BCUT2D eigenvalue weighted by atomic mass is 10.1.